The smallest absolute Gasteiger partial charge is 0.232 e. The fourth-order valence-electron chi connectivity index (χ4n) is 1.59. The molecule has 0 unspecified atom stereocenters. The van der Waals surface area contributed by atoms with Gasteiger partial charge in [0.1, 0.15) is 0 Å². The van der Waals surface area contributed by atoms with Crippen LogP contribution < -0.4 is 17.2 Å². The van der Waals surface area contributed by atoms with E-state index in [0.29, 0.717) is 15.6 Å². The molecule has 20 heavy (non-hydrogen) atoms. The molecular formula is C11H16N4O4S. The van der Waals surface area contributed by atoms with Crippen molar-refractivity contribution in [3.05, 3.63) is 29.8 Å². The van der Waals surface area contributed by atoms with Crippen molar-refractivity contribution in [1.82, 2.24) is 4.31 Å². The van der Waals surface area contributed by atoms with Gasteiger partial charge in [-0.2, -0.15) is 4.31 Å². The molecule has 2 amide bonds. The van der Waals surface area contributed by atoms with Gasteiger partial charge in [0.25, 0.3) is 0 Å². The maximum atomic E-state index is 12.2. The van der Waals surface area contributed by atoms with E-state index in [2.05, 4.69) is 0 Å². The number of nitrogen functional groups attached to an aromatic ring is 1. The zero-order valence-corrected chi connectivity index (χ0v) is 11.5. The summed E-state index contributed by atoms with van der Waals surface area (Å²) in [6, 6.07) is 6.28. The van der Waals surface area contributed by atoms with Crippen molar-refractivity contribution in [3.8, 4) is 0 Å². The first-order valence-electron chi connectivity index (χ1n) is 5.59. The summed E-state index contributed by atoms with van der Waals surface area (Å²) in [4.78, 5) is 21.8. The van der Waals surface area contributed by atoms with Gasteiger partial charge in [-0.25, -0.2) is 8.42 Å². The van der Waals surface area contributed by atoms with Crippen LogP contribution >= 0.6 is 0 Å². The molecule has 0 spiro atoms. The van der Waals surface area contributed by atoms with Crippen molar-refractivity contribution in [2.45, 2.75) is 5.75 Å². The fourth-order valence-corrected chi connectivity index (χ4v) is 3.02. The number of sulfonamides is 1. The average Bonchev–Trinajstić information content (AvgIpc) is 2.26. The van der Waals surface area contributed by atoms with Gasteiger partial charge in [0.05, 0.1) is 18.8 Å². The molecule has 6 N–H and O–H groups in total. The van der Waals surface area contributed by atoms with Gasteiger partial charge in [0, 0.05) is 5.69 Å². The highest BCUT2D eigenvalue weighted by Crippen LogP contribution is 2.13. The number of anilines is 1. The number of nitrogens with two attached hydrogens (primary N) is 3. The number of rotatable bonds is 7. The van der Waals surface area contributed by atoms with Crippen LogP contribution in [-0.2, 0) is 25.4 Å². The number of amides is 2. The summed E-state index contributed by atoms with van der Waals surface area (Å²) in [6.45, 7) is -1.21. The van der Waals surface area contributed by atoms with Crippen LogP contribution in [0.4, 0.5) is 5.69 Å². The number of benzene rings is 1. The lowest BCUT2D eigenvalue weighted by atomic mass is 10.2. The number of hydrogen-bond donors (Lipinski definition) is 3. The molecule has 1 aromatic carbocycles. The van der Waals surface area contributed by atoms with Crippen molar-refractivity contribution in [2.24, 2.45) is 11.5 Å². The number of carbonyl (C=O) groups excluding carboxylic acids is 2. The van der Waals surface area contributed by atoms with E-state index < -0.39 is 40.7 Å². The molecule has 8 nitrogen and oxygen atoms in total. The summed E-state index contributed by atoms with van der Waals surface area (Å²) in [6.07, 6.45) is 0. The number of carbonyl (C=O) groups is 2. The quantitative estimate of drug-likeness (QED) is 0.517. The van der Waals surface area contributed by atoms with Gasteiger partial charge in [-0.15, -0.1) is 0 Å². The lowest BCUT2D eigenvalue weighted by Gasteiger charge is -2.19. The Balaban J connectivity index is 2.97. The topological polar surface area (TPSA) is 150 Å². The van der Waals surface area contributed by atoms with E-state index in [1.807, 2.05) is 0 Å². The third-order valence-electron chi connectivity index (χ3n) is 2.36. The minimum absolute atomic E-state index is 0.404. The lowest BCUT2D eigenvalue weighted by Crippen LogP contribution is -2.43. The zero-order chi connectivity index (χ0) is 15.3. The molecule has 0 aromatic heterocycles. The van der Waals surface area contributed by atoms with Gasteiger partial charge in [0.15, 0.2) is 0 Å². The highest BCUT2D eigenvalue weighted by molar-refractivity contribution is 7.88. The maximum Gasteiger partial charge on any atom is 0.232 e. The van der Waals surface area contributed by atoms with E-state index in [9.17, 15) is 18.0 Å². The van der Waals surface area contributed by atoms with Crippen LogP contribution in [0.1, 0.15) is 5.56 Å². The van der Waals surface area contributed by atoms with E-state index in [4.69, 9.17) is 17.2 Å². The van der Waals surface area contributed by atoms with Crippen LogP contribution in [0.2, 0.25) is 0 Å². The Morgan fingerprint density at radius 2 is 1.65 bits per heavy atom. The molecule has 0 fully saturated rings. The summed E-state index contributed by atoms with van der Waals surface area (Å²) in [5.74, 6) is -2.15. The Bertz CT molecular complexity index is 599. The van der Waals surface area contributed by atoms with Crippen LogP contribution in [-0.4, -0.2) is 37.6 Å². The SMILES string of the molecule is NC(=O)CN(CC(N)=O)S(=O)(=O)Cc1cccc(N)c1. The predicted octanol–water partition coefficient (Wildman–Crippen LogP) is -1.63. The molecule has 0 saturated heterocycles. The van der Waals surface area contributed by atoms with Crippen molar-refractivity contribution in [1.29, 1.82) is 0 Å². The summed E-state index contributed by atoms with van der Waals surface area (Å²) < 4.78 is 25.0. The average molecular weight is 300 g/mol. The van der Waals surface area contributed by atoms with Gasteiger partial charge in [-0.05, 0) is 17.7 Å². The fraction of sp³-hybridized carbons (Fsp3) is 0.273. The molecule has 1 aromatic rings. The first kappa shape index (κ1) is 15.9. The van der Waals surface area contributed by atoms with E-state index in [0.717, 1.165) is 0 Å². The van der Waals surface area contributed by atoms with Gasteiger partial charge in [-0.1, -0.05) is 12.1 Å². The Hall–Kier alpha value is -2.13. The van der Waals surface area contributed by atoms with E-state index >= 15 is 0 Å². The summed E-state index contributed by atoms with van der Waals surface area (Å²) in [5, 5.41) is 0. The molecule has 1 rings (SSSR count). The molecule has 0 saturated carbocycles. The number of primary amides is 2. The van der Waals surface area contributed by atoms with Crippen LogP contribution in [0.15, 0.2) is 24.3 Å². The van der Waals surface area contributed by atoms with Crippen molar-refractivity contribution >= 4 is 27.5 Å². The predicted molar refractivity (Wildman–Crippen MR) is 73.4 cm³/mol. The Morgan fingerprint density at radius 1 is 1.10 bits per heavy atom. The van der Waals surface area contributed by atoms with Gasteiger partial charge >= 0.3 is 0 Å². The van der Waals surface area contributed by atoms with Crippen molar-refractivity contribution in [3.63, 3.8) is 0 Å². The number of hydrogen-bond acceptors (Lipinski definition) is 5. The normalized spacial score (nSPS) is 11.4. The first-order chi connectivity index (χ1) is 9.20. The minimum Gasteiger partial charge on any atom is -0.399 e. The Labute approximate surface area is 116 Å². The Morgan fingerprint density at radius 3 is 2.10 bits per heavy atom. The summed E-state index contributed by atoms with van der Waals surface area (Å²) >= 11 is 0. The summed E-state index contributed by atoms with van der Waals surface area (Å²) in [7, 11) is -3.91. The zero-order valence-electron chi connectivity index (χ0n) is 10.7. The van der Waals surface area contributed by atoms with E-state index in [1.54, 1.807) is 18.2 Å². The molecule has 0 bridgehead atoms. The van der Waals surface area contributed by atoms with Crippen LogP contribution in [0.5, 0.6) is 0 Å². The summed E-state index contributed by atoms with van der Waals surface area (Å²) in [5.41, 5.74) is 16.3. The second-order valence-electron chi connectivity index (χ2n) is 4.20. The van der Waals surface area contributed by atoms with Gasteiger partial charge < -0.3 is 17.2 Å². The van der Waals surface area contributed by atoms with Crippen LogP contribution in [0.25, 0.3) is 0 Å². The van der Waals surface area contributed by atoms with Crippen molar-refractivity contribution in [2.75, 3.05) is 18.8 Å². The second-order valence-corrected chi connectivity index (χ2v) is 6.17. The van der Waals surface area contributed by atoms with Gasteiger partial charge in [0.2, 0.25) is 21.8 Å². The van der Waals surface area contributed by atoms with E-state index in [1.165, 1.54) is 6.07 Å². The Kier molecular flexibility index (Phi) is 5.06. The highest BCUT2D eigenvalue weighted by atomic mass is 32.2. The standard InChI is InChI=1S/C11H16N4O4S/c12-9-3-1-2-8(4-9)7-20(18,19)15(5-10(13)16)6-11(14)17/h1-4H,5-7,12H2,(H2,13,16)(H2,14,17). The molecule has 0 heterocycles. The highest BCUT2D eigenvalue weighted by Gasteiger charge is 2.25. The third-order valence-corrected chi connectivity index (χ3v) is 4.10. The monoisotopic (exact) mass is 300 g/mol. The van der Waals surface area contributed by atoms with Crippen LogP contribution in [0.3, 0.4) is 0 Å². The van der Waals surface area contributed by atoms with Crippen molar-refractivity contribution < 1.29 is 18.0 Å². The molecule has 0 atom stereocenters. The molecular weight excluding hydrogens is 284 g/mol. The molecule has 110 valence electrons. The maximum absolute atomic E-state index is 12.2. The molecule has 0 aliphatic heterocycles. The second kappa shape index (κ2) is 6.35. The first-order valence-corrected chi connectivity index (χ1v) is 7.20. The minimum atomic E-state index is -3.91. The molecule has 9 heteroatoms. The third kappa shape index (κ3) is 4.86. The molecule has 0 aliphatic rings. The lowest BCUT2D eigenvalue weighted by molar-refractivity contribution is -0.120. The largest absolute Gasteiger partial charge is 0.399 e. The number of nitrogens with zero attached hydrogens (tertiary/aromatic N) is 1. The molecule has 0 radical (unpaired) electrons. The van der Waals surface area contributed by atoms with Gasteiger partial charge in [-0.3, -0.25) is 9.59 Å². The van der Waals surface area contributed by atoms with E-state index in [-0.39, 0.29) is 0 Å². The molecule has 0 aliphatic carbocycles. The van der Waals surface area contributed by atoms with Crippen LogP contribution in [0, 0.1) is 0 Å².